The Labute approximate surface area is 162 Å². The topological polar surface area (TPSA) is 38.1 Å². The van der Waals surface area contributed by atoms with Crippen LogP contribution in [0.3, 0.4) is 0 Å². The molecular weight excluding hydrogens is 361 g/mol. The first-order chi connectivity index (χ1) is 13.1. The van der Waals surface area contributed by atoms with Crippen molar-refractivity contribution in [1.82, 2.24) is 14.7 Å². The number of carbonyl (C=O) groups excluding carboxylic acids is 1. The Morgan fingerprint density at radius 3 is 2.74 bits per heavy atom. The van der Waals surface area contributed by atoms with Gasteiger partial charge in [0.1, 0.15) is 5.82 Å². The van der Waals surface area contributed by atoms with E-state index >= 15 is 0 Å². The predicted octanol–water partition coefficient (Wildman–Crippen LogP) is 3.83. The standard InChI is InChI=1S/C21H20FN3OS/c1-24-11-16(10-23-24)20-13-25(12-15-4-2-3-5-19(15)20)21(26)14-27-18-8-6-17(22)7-9-18/h2-11,20H,12-14H2,1H3/t20-/m0/s1. The smallest absolute Gasteiger partial charge is 0.233 e. The summed E-state index contributed by atoms with van der Waals surface area (Å²) in [5, 5.41) is 4.30. The highest BCUT2D eigenvalue weighted by Crippen LogP contribution is 2.33. The molecule has 0 bridgehead atoms. The van der Waals surface area contributed by atoms with Gasteiger partial charge in [0.05, 0.1) is 11.9 Å². The number of carbonyl (C=O) groups is 1. The van der Waals surface area contributed by atoms with Crippen molar-refractivity contribution < 1.29 is 9.18 Å². The van der Waals surface area contributed by atoms with Crippen molar-refractivity contribution in [3.63, 3.8) is 0 Å². The number of benzene rings is 2. The number of hydrogen-bond acceptors (Lipinski definition) is 3. The average Bonchev–Trinajstić information content (AvgIpc) is 3.12. The van der Waals surface area contributed by atoms with E-state index in [1.165, 1.54) is 35.0 Å². The third-order valence-corrected chi connectivity index (χ3v) is 5.85. The van der Waals surface area contributed by atoms with E-state index in [1.807, 2.05) is 36.5 Å². The third-order valence-electron chi connectivity index (χ3n) is 4.85. The van der Waals surface area contributed by atoms with Crippen molar-refractivity contribution in [2.75, 3.05) is 12.3 Å². The summed E-state index contributed by atoms with van der Waals surface area (Å²) in [6.45, 7) is 1.27. The highest BCUT2D eigenvalue weighted by atomic mass is 32.2. The molecule has 2 heterocycles. The van der Waals surface area contributed by atoms with Crippen LogP contribution in [0.15, 0.2) is 65.8 Å². The van der Waals surface area contributed by atoms with Gasteiger partial charge in [0, 0.05) is 37.1 Å². The Balaban J connectivity index is 1.51. The van der Waals surface area contributed by atoms with Gasteiger partial charge in [-0.25, -0.2) is 4.39 Å². The maximum atomic E-state index is 13.0. The minimum absolute atomic E-state index is 0.0905. The molecule has 1 atom stereocenters. The zero-order valence-electron chi connectivity index (χ0n) is 15.0. The van der Waals surface area contributed by atoms with Gasteiger partial charge in [-0.05, 0) is 41.0 Å². The molecule has 2 aromatic carbocycles. The number of fused-ring (bicyclic) bond motifs is 1. The lowest BCUT2D eigenvalue weighted by molar-refractivity contribution is -0.129. The lowest BCUT2D eigenvalue weighted by Gasteiger charge is -2.34. The van der Waals surface area contributed by atoms with Gasteiger partial charge in [-0.15, -0.1) is 11.8 Å². The molecular formula is C21H20FN3OS. The Kier molecular flexibility index (Phi) is 4.99. The van der Waals surface area contributed by atoms with E-state index < -0.39 is 0 Å². The first kappa shape index (κ1) is 17.8. The Bertz CT molecular complexity index is 954. The van der Waals surface area contributed by atoms with Gasteiger partial charge in [-0.1, -0.05) is 24.3 Å². The van der Waals surface area contributed by atoms with Crippen LogP contribution in [0.2, 0.25) is 0 Å². The van der Waals surface area contributed by atoms with Crippen LogP contribution in [0.5, 0.6) is 0 Å². The van der Waals surface area contributed by atoms with E-state index in [1.54, 1.807) is 16.8 Å². The van der Waals surface area contributed by atoms with E-state index in [-0.39, 0.29) is 17.6 Å². The number of rotatable bonds is 4. The van der Waals surface area contributed by atoms with E-state index in [9.17, 15) is 9.18 Å². The van der Waals surface area contributed by atoms with Crippen LogP contribution in [0.1, 0.15) is 22.6 Å². The maximum Gasteiger partial charge on any atom is 0.233 e. The number of thioether (sulfide) groups is 1. The van der Waals surface area contributed by atoms with Crippen LogP contribution >= 0.6 is 11.8 Å². The summed E-state index contributed by atoms with van der Waals surface area (Å²) < 4.78 is 14.8. The lowest BCUT2D eigenvalue weighted by atomic mass is 9.86. The van der Waals surface area contributed by atoms with Crippen LogP contribution in [0, 0.1) is 5.82 Å². The van der Waals surface area contributed by atoms with Crippen molar-refractivity contribution in [1.29, 1.82) is 0 Å². The summed E-state index contributed by atoms with van der Waals surface area (Å²) in [5.74, 6) is 0.293. The molecule has 1 aliphatic heterocycles. The van der Waals surface area contributed by atoms with Crippen molar-refractivity contribution in [3.05, 3.63) is 83.4 Å². The quantitative estimate of drug-likeness (QED) is 0.645. The molecule has 0 aliphatic carbocycles. The fourth-order valence-electron chi connectivity index (χ4n) is 3.47. The Morgan fingerprint density at radius 1 is 1.22 bits per heavy atom. The van der Waals surface area contributed by atoms with Crippen LogP contribution in [0.25, 0.3) is 0 Å². The van der Waals surface area contributed by atoms with E-state index in [0.717, 1.165) is 10.5 Å². The van der Waals surface area contributed by atoms with Crippen LogP contribution in [-0.4, -0.2) is 32.9 Å². The second kappa shape index (κ2) is 7.56. The molecule has 0 N–H and O–H groups in total. The van der Waals surface area contributed by atoms with Crippen molar-refractivity contribution >= 4 is 17.7 Å². The van der Waals surface area contributed by atoms with Crippen LogP contribution in [0.4, 0.5) is 4.39 Å². The normalized spacial score (nSPS) is 16.2. The molecule has 0 saturated heterocycles. The molecule has 6 heteroatoms. The maximum absolute atomic E-state index is 13.0. The Morgan fingerprint density at radius 2 is 2.00 bits per heavy atom. The third kappa shape index (κ3) is 3.90. The summed E-state index contributed by atoms with van der Waals surface area (Å²) in [5.41, 5.74) is 3.56. The summed E-state index contributed by atoms with van der Waals surface area (Å²) in [7, 11) is 1.90. The number of hydrogen-bond donors (Lipinski definition) is 0. The van der Waals surface area contributed by atoms with Gasteiger partial charge in [0.25, 0.3) is 0 Å². The molecule has 0 unspecified atom stereocenters. The molecule has 138 valence electrons. The highest BCUT2D eigenvalue weighted by Gasteiger charge is 2.29. The van der Waals surface area contributed by atoms with Crippen molar-refractivity contribution in [2.24, 2.45) is 7.05 Å². The van der Waals surface area contributed by atoms with Gasteiger partial charge >= 0.3 is 0 Å². The number of aryl methyl sites for hydroxylation is 1. The number of amides is 1. The first-order valence-electron chi connectivity index (χ1n) is 8.82. The predicted molar refractivity (Wildman–Crippen MR) is 104 cm³/mol. The molecule has 1 amide bonds. The summed E-state index contributed by atoms with van der Waals surface area (Å²) in [4.78, 5) is 15.6. The zero-order chi connectivity index (χ0) is 18.8. The van der Waals surface area contributed by atoms with Gasteiger partial charge < -0.3 is 4.90 Å². The SMILES string of the molecule is Cn1cc([C@@H]2CN(C(=O)CSc3ccc(F)cc3)Cc3ccccc32)cn1. The minimum atomic E-state index is -0.266. The van der Waals surface area contributed by atoms with Gasteiger partial charge in [0.15, 0.2) is 0 Å². The largest absolute Gasteiger partial charge is 0.337 e. The minimum Gasteiger partial charge on any atom is -0.337 e. The van der Waals surface area contributed by atoms with Crippen molar-refractivity contribution in [3.8, 4) is 0 Å². The molecule has 0 fully saturated rings. The number of halogens is 1. The van der Waals surface area contributed by atoms with E-state index in [4.69, 9.17) is 0 Å². The fourth-order valence-corrected chi connectivity index (χ4v) is 4.27. The summed E-state index contributed by atoms with van der Waals surface area (Å²) in [6, 6.07) is 14.5. The summed E-state index contributed by atoms with van der Waals surface area (Å²) >= 11 is 1.44. The molecule has 1 aliphatic rings. The highest BCUT2D eigenvalue weighted by molar-refractivity contribution is 8.00. The molecule has 4 nitrogen and oxygen atoms in total. The Hall–Kier alpha value is -2.60. The van der Waals surface area contributed by atoms with Crippen LogP contribution < -0.4 is 0 Å². The van der Waals surface area contributed by atoms with Crippen LogP contribution in [-0.2, 0) is 18.4 Å². The van der Waals surface area contributed by atoms with E-state index in [2.05, 4.69) is 17.2 Å². The molecule has 1 aromatic heterocycles. The molecule has 0 radical (unpaired) electrons. The van der Waals surface area contributed by atoms with Crippen molar-refractivity contribution in [2.45, 2.75) is 17.4 Å². The number of aromatic nitrogens is 2. The number of nitrogens with zero attached hydrogens (tertiary/aromatic N) is 3. The fraction of sp³-hybridized carbons (Fsp3) is 0.238. The average molecular weight is 381 g/mol. The molecule has 0 saturated carbocycles. The van der Waals surface area contributed by atoms with Gasteiger partial charge in [0.2, 0.25) is 5.91 Å². The zero-order valence-corrected chi connectivity index (χ0v) is 15.8. The second-order valence-electron chi connectivity index (χ2n) is 6.72. The van der Waals surface area contributed by atoms with Gasteiger partial charge in [-0.3, -0.25) is 9.48 Å². The lowest BCUT2D eigenvalue weighted by Crippen LogP contribution is -2.39. The monoisotopic (exact) mass is 381 g/mol. The summed E-state index contributed by atoms with van der Waals surface area (Å²) in [6.07, 6.45) is 3.89. The molecule has 0 spiro atoms. The second-order valence-corrected chi connectivity index (χ2v) is 7.76. The van der Waals surface area contributed by atoms with Gasteiger partial charge in [-0.2, -0.15) is 5.10 Å². The molecule has 3 aromatic rings. The first-order valence-corrected chi connectivity index (χ1v) is 9.81. The molecule has 27 heavy (non-hydrogen) atoms. The molecule has 4 rings (SSSR count). The van der Waals surface area contributed by atoms with E-state index in [0.29, 0.717) is 18.8 Å².